The summed E-state index contributed by atoms with van der Waals surface area (Å²) < 4.78 is 5.12. The molecule has 1 fully saturated rings. The lowest BCUT2D eigenvalue weighted by atomic mass is 9.79. The van der Waals surface area contributed by atoms with Crippen LogP contribution in [0.5, 0.6) is 5.75 Å². The van der Waals surface area contributed by atoms with Gasteiger partial charge in [0.1, 0.15) is 11.9 Å². The quantitative estimate of drug-likeness (QED) is 0.515. The summed E-state index contributed by atoms with van der Waals surface area (Å²) in [5.41, 5.74) is 3.99. The Bertz CT molecular complexity index is 650. The summed E-state index contributed by atoms with van der Waals surface area (Å²) in [4.78, 5) is 14.0. The molecule has 1 heterocycles. The summed E-state index contributed by atoms with van der Waals surface area (Å²) in [6.07, 6.45) is 4.81. The normalized spacial score (nSPS) is 21.4. The number of rotatable bonds is 5. The zero-order valence-electron chi connectivity index (χ0n) is 12.7. The average molecular weight is 297 g/mol. The number of carbonyl (C=O) groups is 1. The standard InChI is InChI=1S/C18H19NO3/c1-5-7-15-16(17(20)12(3)6-2)19(18(15)21)13-8-10-14(22-4)11-9-13/h1,8-11,15-17,20H,2,7H2,3-4H3/t15-,16-,17+/m0/s1. The van der Waals surface area contributed by atoms with Gasteiger partial charge in [0, 0.05) is 12.1 Å². The van der Waals surface area contributed by atoms with Crippen molar-refractivity contribution in [1.82, 2.24) is 0 Å². The highest BCUT2D eigenvalue weighted by Gasteiger charge is 2.51. The molecule has 4 nitrogen and oxygen atoms in total. The van der Waals surface area contributed by atoms with E-state index in [1.165, 1.54) is 0 Å². The van der Waals surface area contributed by atoms with E-state index in [9.17, 15) is 9.90 Å². The number of methoxy groups -OCH3 is 1. The Balaban J connectivity index is 2.33. The van der Waals surface area contributed by atoms with Gasteiger partial charge in [-0.1, -0.05) is 6.58 Å². The highest BCUT2D eigenvalue weighted by atomic mass is 16.5. The van der Waals surface area contributed by atoms with Crippen LogP contribution >= 0.6 is 0 Å². The van der Waals surface area contributed by atoms with Gasteiger partial charge in [-0.2, -0.15) is 0 Å². The van der Waals surface area contributed by atoms with Crippen molar-refractivity contribution in [3.05, 3.63) is 42.1 Å². The fourth-order valence-electron chi connectivity index (χ4n) is 2.67. The lowest BCUT2D eigenvalue weighted by molar-refractivity contribution is -0.132. The van der Waals surface area contributed by atoms with E-state index < -0.39 is 12.1 Å². The van der Waals surface area contributed by atoms with Crippen LogP contribution in [0.25, 0.3) is 0 Å². The lowest BCUT2D eigenvalue weighted by Gasteiger charge is -2.48. The maximum Gasteiger partial charge on any atom is 0.233 e. The number of ether oxygens (including phenoxy) is 1. The van der Waals surface area contributed by atoms with E-state index in [0.29, 0.717) is 23.4 Å². The Kier molecular flexibility index (Phi) is 4.72. The predicted octanol–water partition coefficient (Wildman–Crippen LogP) is 2.14. The van der Waals surface area contributed by atoms with Crippen LogP contribution in [0.1, 0.15) is 13.3 Å². The first-order chi connectivity index (χ1) is 10.5. The number of hydrogen-bond donors (Lipinski definition) is 1. The van der Waals surface area contributed by atoms with Gasteiger partial charge in [-0.05, 0) is 36.8 Å². The Morgan fingerprint density at radius 2 is 2.14 bits per heavy atom. The molecule has 0 radical (unpaired) electrons. The van der Waals surface area contributed by atoms with Crippen molar-refractivity contribution in [2.24, 2.45) is 5.92 Å². The molecule has 0 aliphatic carbocycles. The highest BCUT2D eigenvalue weighted by molar-refractivity contribution is 6.03. The van der Waals surface area contributed by atoms with Crippen molar-refractivity contribution in [2.45, 2.75) is 25.5 Å². The van der Waals surface area contributed by atoms with Gasteiger partial charge in [0.15, 0.2) is 0 Å². The fourth-order valence-corrected chi connectivity index (χ4v) is 2.67. The second-order valence-corrected chi connectivity index (χ2v) is 5.22. The summed E-state index contributed by atoms with van der Waals surface area (Å²) >= 11 is 0. The van der Waals surface area contributed by atoms with Crippen LogP contribution in [0, 0.1) is 18.3 Å². The maximum absolute atomic E-state index is 12.4. The van der Waals surface area contributed by atoms with Gasteiger partial charge in [0.25, 0.3) is 0 Å². The molecule has 0 unspecified atom stereocenters. The number of benzene rings is 1. The molecule has 1 saturated heterocycles. The number of carbonyl (C=O) groups excluding carboxylic acids is 1. The van der Waals surface area contributed by atoms with E-state index >= 15 is 0 Å². The monoisotopic (exact) mass is 297 g/mol. The molecule has 1 aliphatic heterocycles. The zero-order chi connectivity index (χ0) is 16.3. The number of nitrogens with zero attached hydrogens (tertiary/aromatic N) is 1. The molecule has 0 saturated carbocycles. The van der Waals surface area contributed by atoms with Gasteiger partial charge in [-0.15, -0.1) is 18.1 Å². The van der Waals surface area contributed by atoms with Crippen LogP contribution in [0.2, 0.25) is 0 Å². The summed E-state index contributed by atoms with van der Waals surface area (Å²) in [5.74, 6) is 2.75. The van der Waals surface area contributed by atoms with Gasteiger partial charge < -0.3 is 14.7 Å². The highest BCUT2D eigenvalue weighted by Crippen LogP contribution is 2.38. The van der Waals surface area contributed by atoms with E-state index in [2.05, 4.69) is 18.2 Å². The summed E-state index contributed by atoms with van der Waals surface area (Å²) in [5, 5.41) is 10.5. The minimum Gasteiger partial charge on any atom is -0.497 e. The summed E-state index contributed by atoms with van der Waals surface area (Å²) in [6, 6.07) is 6.73. The first-order valence-corrected chi connectivity index (χ1v) is 7.00. The van der Waals surface area contributed by atoms with Gasteiger partial charge in [-0.25, -0.2) is 0 Å². The Labute approximate surface area is 130 Å². The van der Waals surface area contributed by atoms with Gasteiger partial charge in [0.2, 0.25) is 5.91 Å². The third-order valence-electron chi connectivity index (χ3n) is 4.00. The van der Waals surface area contributed by atoms with Crippen molar-refractivity contribution >= 4 is 11.6 Å². The number of aliphatic hydroxyl groups excluding tert-OH is 1. The van der Waals surface area contributed by atoms with Crippen LogP contribution in [-0.4, -0.2) is 30.3 Å². The minimum atomic E-state index is -0.837. The number of β-lactam (4-membered cyclic amide) rings is 1. The Hall–Kier alpha value is -2.47. The molecule has 1 amide bonds. The number of hydrogen-bond acceptors (Lipinski definition) is 3. The van der Waals surface area contributed by atoms with Crippen molar-refractivity contribution in [3.63, 3.8) is 0 Å². The summed E-state index contributed by atoms with van der Waals surface area (Å²) in [6.45, 7) is 5.29. The van der Waals surface area contributed by atoms with Crippen LogP contribution in [0.4, 0.5) is 5.69 Å². The lowest BCUT2D eigenvalue weighted by Crippen LogP contribution is -2.66. The molecule has 1 N–H and O–H groups in total. The topological polar surface area (TPSA) is 49.8 Å². The molecule has 0 spiro atoms. The Morgan fingerprint density at radius 1 is 1.50 bits per heavy atom. The molecular formula is C18H19NO3. The Morgan fingerprint density at radius 3 is 2.64 bits per heavy atom. The first kappa shape index (κ1) is 15.9. The van der Waals surface area contributed by atoms with Crippen LogP contribution in [0.15, 0.2) is 42.1 Å². The molecule has 1 aliphatic rings. The van der Waals surface area contributed by atoms with Crippen LogP contribution in [0.3, 0.4) is 0 Å². The van der Waals surface area contributed by atoms with Crippen LogP contribution < -0.4 is 9.64 Å². The molecule has 114 valence electrons. The van der Waals surface area contributed by atoms with Crippen molar-refractivity contribution in [2.75, 3.05) is 12.0 Å². The minimum absolute atomic E-state index is 0.0796. The number of terminal acetylenes is 1. The fraction of sp³-hybridized carbons (Fsp3) is 0.333. The molecule has 22 heavy (non-hydrogen) atoms. The largest absolute Gasteiger partial charge is 0.497 e. The molecule has 1 aromatic rings. The molecule has 4 heteroatoms. The number of anilines is 1. The van der Waals surface area contributed by atoms with E-state index in [-0.39, 0.29) is 11.8 Å². The van der Waals surface area contributed by atoms with Crippen molar-refractivity contribution in [1.29, 1.82) is 0 Å². The molecule has 0 aromatic heterocycles. The van der Waals surface area contributed by atoms with Gasteiger partial charge in [0.05, 0.1) is 19.1 Å². The van der Waals surface area contributed by atoms with E-state index in [0.717, 1.165) is 0 Å². The van der Waals surface area contributed by atoms with Gasteiger partial charge in [-0.3, -0.25) is 4.79 Å². The van der Waals surface area contributed by atoms with E-state index in [1.807, 2.05) is 0 Å². The molecular weight excluding hydrogens is 278 g/mol. The van der Waals surface area contributed by atoms with Crippen molar-refractivity contribution in [3.8, 4) is 18.1 Å². The molecule has 0 bridgehead atoms. The smallest absolute Gasteiger partial charge is 0.233 e. The second kappa shape index (κ2) is 6.53. The van der Waals surface area contributed by atoms with Crippen LogP contribution in [-0.2, 0) is 4.79 Å². The predicted molar refractivity (Wildman–Crippen MR) is 85.5 cm³/mol. The number of amides is 1. The SMILES string of the molecule is C#CC[C@@H]1C(=O)N(c2ccc(OC)cc2)[C@@H]1[C@H](O)C(C)=C=C. The zero-order valence-corrected chi connectivity index (χ0v) is 12.7. The van der Waals surface area contributed by atoms with E-state index in [1.54, 1.807) is 43.2 Å². The molecule has 3 atom stereocenters. The maximum atomic E-state index is 12.4. The number of aliphatic hydroxyl groups is 1. The van der Waals surface area contributed by atoms with Crippen molar-refractivity contribution < 1.29 is 14.6 Å². The summed E-state index contributed by atoms with van der Waals surface area (Å²) in [7, 11) is 1.58. The van der Waals surface area contributed by atoms with Gasteiger partial charge >= 0.3 is 0 Å². The average Bonchev–Trinajstić information content (AvgIpc) is 2.56. The third-order valence-corrected chi connectivity index (χ3v) is 4.00. The second-order valence-electron chi connectivity index (χ2n) is 5.22. The molecule has 1 aromatic carbocycles. The van der Waals surface area contributed by atoms with E-state index in [4.69, 9.17) is 11.2 Å². The third kappa shape index (κ3) is 2.65. The first-order valence-electron chi connectivity index (χ1n) is 7.00. The molecule has 2 rings (SSSR count).